The van der Waals surface area contributed by atoms with Crippen molar-refractivity contribution in [3.63, 3.8) is 0 Å². The second-order valence-corrected chi connectivity index (χ2v) is 10.1. The highest BCUT2D eigenvalue weighted by Gasteiger charge is 2.34. The Morgan fingerprint density at radius 1 is 0.895 bits per heavy atom. The van der Waals surface area contributed by atoms with Gasteiger partial charge in [-0.05, 0) is 49.3 Å². The lowest BCUT2D eigenvalue weighted by molar-refractivity contribution is 0.467. The normalized spacial score (nSPS) is 17.7. The monoisotopic (exact) mass is 518 g/mol. The first-order valence-corrected chi connectivity index (χ1v) is 13.0. The number of anilines is 3. The first-order chi connectivity index (χ1) is 18.5. The van der Waals surface area contributed by atoms with E-state index in [1.165, 1.54) is 11.8 Å². The van der Waals surface area contributed by atoms with Gasteiger partial charge in [0.2, 0.25) is 0 Å². The molecule has 38 heavy (non-hydrogen) atoms. The van der Waals surface area contributed by atoms with Gasteiger partial charge in [0.15, 0.2) is 23.3 Å². The Kier molecular flexibility index (Phi) is 5.61. The molecule has 2 aliphatic carbocycles. The summed E-state index contributed by atoms with van der Waals surface area (Å²) in [5.74, 6) is -1.70. The van der Waals surface area contributed by atoms with Gasteiger partial charge in [0, 0.05) is 61.5 Å². The van der Waals surface area contributed by atoms with Gasteiger partial charge < -0.3 is 15.5 Å². The quantitative estimate of drug-likeness (QED) is 0.352. The minimum Gasteiger partial charge on any atom is -0.353 e. The Hall–Kier alpha value is -3.86. The minimum absolute atomic E-state index is 0.208. The van der Waals surface area contributed by atoms with E-state index in [9.17, 15) is 13.2 Å². The molecule has 0 amide bonds. The number of rotatable bonds is 6. The second kappa shape index (κ2) is 9.16. The minimum atomic E-state index is -1.39. The van der Waals surface area contributed by atoms with Crippen LogP contribution in [0.1, 0.15) is 48.8 Å². The van der Waals surface area contributed by atoms with Gasteiger partial charge in [0.05, 0.1) is 11.2 Å². The summed E-state index contributed by atoms with van der Waals surface area (Å²) in [6.45, 7) is 3.41. The summed E-state index contributed by atoms with van der Waals surface area (Å²) in [4.78, 5) is 24.9. The third-order valence-corrected chi connectivity index (χ3v) is 7.31. The van der Waals surface area contributed by atoms with Crippen LogP contribution in [0.4, 0.5) is 30.6 Å². The largest absolute Gasteiger partial charge is 0.353 e. The number of hydrogen-bond acceptors (Lipinski definition) is 8. The molecule has 11 heteroatoms. The summed E-state index contributed by atoms with van der Waals surface area (Å²) >= 11 is 0. The van der Waals surface area contributed by atoms with Gasteiger partial charge in [0.1, 0.15) is 11.6 Å². The number of hydrogen-bond donors (Lipinski definition) is 2. The molecule has 1 saturated heterocycles. The van der Waals surface area contributed by atoms with Gasteiger partial charge in [-0.15, -0.1) is 0 Å². The number of halogens is 3. The van der Waals surface area contributed by atoms with Crippen molar-refractivity contribution < 1.29 is 13.2 Å². The van der Waals surface area contributed by atoms with Crippen molar-refractivity contribution in [2.24, 2.45) is 0 Å². The molecule has 8 nitrogen and oxygen atoms in total. The number of fused-ring (bicyclic) bond motifs is 1. The van der Waals surface area contributed by atoms with Crippen LogP contribution in [0.25, 0.3) is 22.3 Å². The van der Waals surface area contributed by atoms with Crippen LogP contribution in [0, 0.1) is 17.6 Å². The summed E-state index contributed by atoms with van der Waals surface area (Å²) in [5, 5.41) is 7.16. The maximum absolute atomic E-state index is 14.2. The zero-order chi connectivity index (χ0) is 25.8. The van der Waals surface area contributed by atoms with Gasteiger partial charge in [-0.2, -0.15) is 9.37 Å². The fourth-order valence-electron chi connectivity index (χ4n) is 5.05. The van der Waals surface area contributed by atoms with E-state index in [2.05, 4.69) is 25.5 Å². The van der Waals surface area contributed by atoms with Crippen LogP contribution in [-0.2, 0) is 0 Å². The molecule has 0 radical (unpaired) electrons. The molecule has 194 valence electrons. The average molecular weight is 519 g/mol. The highest BCUT2D eigenvalue weighted by molar-refractivity contribution is 5.96. The zero-order valence-electron chi connectivity index (χ0n) is 20.5. The summed E-state index contributed by atoms with van der Waals surface area (Å²) in [6, 6.07) is 3.88. The van der Waals surface area contributed by atoms with E-state index in [0.29, 0.717) is 29.3 Å². The first-order valence-electron chi connectivity index (χ1n) is 13.0. The highest BCUT2D eigenvalue weighted by atomic mass is 19.2. The Labute approximate surface area is 216 Å². The van der Waals surface area contributed by atoms with E-state index in [1.54, 1.807) is 12.1 Å². The molecule has 0 aromatic carbocycles. The Balaban J connectivity index is 1.36. The van der Waals surface area contributed by atoms with E-state index in [1.807, 2.05) is 6.20 Å². The zero-order valence-corrected chi connectivity index (χ0v) is 20.5. The van der Waals surface area contributed by atoms with Crippen LogP contribution < -0.4 is 15.5 Å². The van der Waals surface area contributed by atoms with E-state index in [0.717, 1.165) is 74.3 Å². The number of nitrogens with one attached hydrogen (secondary N) is 2. The maximum atomic E-state index is 14.2. The molecule has 4 aromatic heterocycles. The second-order valence-electron chi connectivity index (χ2n) is 10.1. The molecular weight excluding hydrogens is 493 g/mol. The molecule has 4 aromatic rings. The number of nitrogens with zero attached hydrogens (tertiary/aromatic N) is 6. The van der Waals surface area contributed by atoms with Crippen LogP contribution in [0.5, 0.6) is 0 Å². The lowest BCUT2D eigenvalue weighted by Gasteiger charge is -2.30. The molecule has 2 N–H and O–H groups in total. The number of aromatic nitrogens is 5. The molecule has 5 heterocycles. The lowest BCUT2D eigenvalue weighted by Crippen LogP contribution is -2.44. The maximum Gasteiger partial charge on any atom is 0.251 e. The molecule has 7 rings (SSSR count). The van der Waals surface area contributed by atoms with E-state index in [4.69, 9.17) is 15.0 Å². The average Bonchev–Trinajstić information content (AvgIpc) is 3.85. The van der Waals surface area contributed by atoms with Crippen LogP contribution in [0.2, 0.25) is 0 Å². The predicted molar refractivity (Wildman–Crippen MR) is 137 cm³/mol. The molecule has 0 bridgehead atoms. The Bertz CT molecular complexity index is 1550. The van der Waals surface area contributed by atoms with Crippen LogP contribution in [0.15, 0.2) is 30.6 Å². The van der Waals surface area contributed by atoms with E-state index >= 15 is 0 Å². The van der Waals surface area contributed by atoms with Crippen molar-refractivity contribution >= 4 is 28.4 Å². The fourth-order valence-corrected chi connectivity index (χ4v) is 5.05. The lowest BCUT2D eigenvalue weighted by atomic mass is 10.0. The van der Waals surface area contributed by atoms with Crippen molar-refractivity contribution in [3.8, 4) is 11.4 Å². The summed E-state index contributed by atoms with van der Waals surface area (Å²) in [7, 11) is 0. The highest BCUT2D eigenvalue weighted by Crippen LogP contribution is 2.48. The van der Waals surface area contributed by atoms with E-state index in [-0.39, 0.29) is 5.82 Å². The third kappa shape index (κ3) is 4.30. The van der Waals surface area contributed by atoms with Gasteiger partial charge >= 0.3 is 0 Å². The summed E-state index contributed by atoms with van der Waals surface area (Å²) in [5.41, 5.74) is 3.80. The van der Waals surface area contributed by atoms with Gasteiger partial charge in [0.25, 0.3) is 5.95 Å². The summed E-state index contributed by atoms with van der Waals surface area (Å²) in [6.07, 6.45) is 8.08. The van der Waals surface area contributed by atoms with Crippen molar-refractivity contribution in [1.29, 1.82) is 0 Å². The predicted octanol–water partition coefficient (Wildman–Crippen LogP) is 4.81. The van der Waals surface area contributed by atoms with Crippen LogP contribution in [0.3, 0.4) is 0 Å². The molecule has 0 spiro atoms. The van der Waals surface area contributed by atoms with Gasteiger partial charge in [-0.25, -0.2) is 23.7 Å². The van der Waals surface area contributed by atoms with Crippen molar-refractivity contribution in [2.45, 2.75) is 37.5 Å². The molecule has 0 unspecified atom stereocenters. The van der Waals surface area contributed by atoms with E-state index < -0.39 is 23.4 Å². The summed E-state index contributed by atoms with van der Waals surface area (Å²) < 4.78 is 41.2. The Morgan fingerprint density at radius 3 is 2.45 bits per heavy atom. The van der Waals surface area contributed by atoms with Crippen LogP contribution >= 0.6 is 0 Å². The molecule has 0 atom stereocenters. The molecule has 3 fully saturated rings. The number of piperazine rings is 1. The molecular formula is C27H25F3N8. The van der Waals surface area contributed by atoms with Gasteiger partial charge in [-0.1, -0.05) is 0 Å². The smallest absolute Gasteiger partial charge is 0.251 e. The molecule has 3 aliphatic rings. The standard InChI is InChI=1S/C27H25F3N8/c28-18-12-19(29)26(36-24(18)30)34-20-11-16(5-6-32-20)25-35-23-21(27(37-25)38-9-7-31-8-10-38)17(14-1-2-14)13-33-22(23)15-3-4-15/h5-6,11-15,31H,1-4,7-10H2,(H,32,34,36). The fraction of sp³-hybridized carbons (Fsp3) is 0.370. The molecule has 1 aliphatic heterocycles. The van der Waals surface area contributed by atoms with Crippen LogP contribution in [-0.4, -0.2) is 51.1 Å². The Morgan fingerprint density at radius 2 is 1.68 bits per heavy atom. The third-order valence-electron chi connectivity index (χ3n) is 7.31. The van der Waals surface area contributed by atoms with Crippen molar-refractivity contribution in [1.82, 2.24) is 30.2 Å². The molecule has 2 saturated carbocycles. The first kappa shape index (κ1) is 23.3. The van der Waals surface area contributed by atoms with Gasteiger partial charge in [-0.3, -0.25) is 4.98 Å². The number of pyridine rings is 3. The van der Waals surface area contributed by atoms with Crippen molar-refractivity contribution in [2.75, 3.05) is 36.4 Å². The van der Waals surface area contributed by atoms with Crippen molar-refractivity contribution in [3.05, 3.63) is 59.4 Å². The SMILES string of the molecule is Fc1cc(F)c(Nc2cc(-c3nc(N4CCNCC4)c4c(C5CC5)cnc(C5CC5)c4n3)ccn2)nc1F. The topological polar surface area (TPSA) is 91.8 Å².